The predicted octanol–water partition coefficient (Wildman–Crippen LogP) is 8.32. The molecule has 2 amide bonds. The summed E-state index contributed by atoms with van der Waals surface area (Å²) in [6.07, 6.45) is 9.81. The summed E-state index contributed by atoms with van der Waals surface area (Å²) in [7, 11) is 0. The Balaban J connectivity index is 1.59. The zero-order chi connectivity index (χ0) is 26.4. The lowest BCUT2D eigenvalue weighted by molar-refractivity contribution is -0.123. The van der Waals surface area contributed by atoms with Gasteiger partial charge in [-0.3, -0.25) is 14.5 Å². The normalized spacial score (nSPS) is 17.5. The molecule has 2 aromatic rings. The fourth-order valence-corrected chi connectivity index (χ4v) is 6.04. The minimum Gasteiger partial charge on any atom is -0.490 e. The fraction of sp³-hybridized carbons (Fsp3) is 0.379. The molecule has 1 aliphatic heterocycles. The minimum absolute atomic E-state index is 0.196. The van der Waals surface area contributed by atoms with Crippen LogP contribution in [0.25, 0.3) is 6.08 Å². The second-order valence-electron chi connectivity index (χ2n) is 9.25. The highest BCUT2D eigenvalue weighted by atomic mass is 35.5. The molecule has 0 spiro atoms. The van der Waals surface area contributed by atoms with Crippen molar-refractivity contribution < 1.29 is 19.1 Å². The Kier molecular flexibility index (Phi) is 9.63. The Morgan fingerprint density at radius 2 is 1.86 bits per heavy atom. The maximum atomic E-state index is 13.1. The van der Waals surface area contributed by atoms with Crippen molar-refractivity contribution in [2.45, 2.75) is 52.1 Å². The molecule has 0 aromatic heterocycles. The topological polar surface area (TPSA) is 55.8 Å². The first-order valence-corrected chi connectivity index (χ1v) is 14.2. The predicted molar refractivity (Wildman–Crippen MR) is 152 cm³/mol. The first kappa shape index (κ1) is 27.6. The SMILES string of the molecule is C=CCc1cc(/C=C2/SC(=O)N(CC3CCCCC3)C2=O)cc(OCC)c1OCc1ccc(Cl)cc1Cl. The Morgan fingerprint density at radius 3 is 2.57 bits per heavy atom. The van der Waals surface area contributed by atoms with Gasteiger partial charge < -0.3 is 9.47 Å². The molecule has 1 aliphatic carbocycles. The number of hydrogen-bond donors (Lipinski definition) is 0. The van der Waals surface area contributed by atoms with Gasteiger partial charge in [-0.1, -0.05) is 54.6 Å². The third-order valence-electron chi connectivity index (χ3n) is 6.54. The molecule has 0 radical (unpaired) electrons. The Hall–Kier alpha value is -2.41. The molecule has 1 saturated carbocycles. The van der Waals surface area contributed by atoms with Crippen LogP contribution in [-0.2, 0) is 17.8 Å². The molecule has 1 heterocycles. The van der Waals surface area contributed by atoms with E-state index in [1.54, 1.807) is 24.3 Å². The zero-order valence-electron chi connectivity index (χ0n) is 20.9. The van der Waals surface area contributed by atoms with Crippen molar-refractivity contribution in [2.75, 3.05) is 13.2 Å². The van der Waals surface area contributed by atoms with E-state index in [4.69, 9.17) is 32.7 Å². The van der Waals surface area contributed by atoms with Gasteiger partial charge in [-0.15, -0.1) is 6.58 Å². The van der Waals surface area contributed by atoms with Gasteiger partial charge >= 0.3 is 0 Å². The number of thioether (sulfide) groups is 1. The van der Waals surface area contributed by atoms with Gasteiger partial charge in [-0.05, 0) is 79.8 Å². The number of halogens is 2. The summed E-state index contributed by atoms with van der Waals surface area (Å²) in [5.41, 5.74) is 2.42. The molecule has 1 saturated heterocycles. The van der Waals surface area contributed by atoms with Crippen LogP contribution in [-0.4, -0.2) is 29.2 Å². The van der Waals surface area contributed by atoms with Gasteiger partial charge in [0.25, 0.3) is 11.1 Å². The number of ether oxygens (including phenoxy) is 2. The van der Waals surface area contributed by atoms with Gasteiger partial charge in [-0.25, -0.2) is 0 Å². The lowest BCUT2D eigenvalue weighted by atomic mass is 9.89. The molecule has 0 N–H and O–H groups in total. The highest BCUT2D eigenvalue weighted by molar-refractivity contribution is 8.18. The Labute approximate surface area is 232 Å². The van der Waals surface area contributed by atoms with Crippen LogP contribution in [0.2, 0.25) is 10.0 Å². The highest BCUT2D eigenvalue weighted by Gasteiger charge is 2.36. The van der Waals surface area contributed by atoms with E-state index < -0.39 is 0 Å². The van der Waals surface area contributed by atoms with Crippen LogP contribution in [0, 0.1) is 5.92 Å². The van der Waals surface area contributed by atoms with Gasteiger partial charge in [0.2, 0.25) is 0 Å². The number of amides is 2. The number of imide groups is 1. The Morgan fingerprint density at radius 1 is 1.08 bits per heavy atom. The molecule has 0 bridgehead atoms. The van der Waals surface area contributed by atoms with Crippen LogP contribution < -0.4 is 9.47 Å². The van der Waals surface area contributed by atoms with Crippen molar-refractivity contribution in [3.8, 4) is 11.5 Å². The summed E-state index contributed by atoms with van der Waals surface area (Å²) in [5.74, 6) is 1.33. The van der Waals surface area contributed by atoms with Crippen molar-refractivity contribution in [3.05, 3.63) is 74.6 Å². The molecular formula is C29H31Cl2NO4S. The molecule has 5 nitrogen and oxygen atoms in total. The number of carbonyl (C=O) groups is 2. The molecule has 37 heavy (non-hydrogen) atoms. The van der Waals surface area contributed by atoms with E-state index >= 15 is 0 Å². The standard InChI is InChI=1S/C29H31Cl2NO4S/c1-3-8-21-13-20(15-26-28(33)32(29(34)37-26)17-19-9-6-5-7-10-19)14-25(35-4-2)27(21)36-18-22-11-12-23(30)16-24(22)31/h3,11-16,19H,1,4-10,17-18H2,2H3/b26-15+. The quantitative estimate of drug-likeness (QED) is 0.216. The largest absolute Gasteiger partial charge is 0.490 e. The second kappa shape index (κ2) is 12.9. The molecule has 2 aliphatic rings. The van der Waals surface area contributed by atoms with E-state index in [2.05, 4.69) is 6.58 Å². The van der Waals surface area contributed by atoms with Gasteiger partial charge in [0.15, 0.2) is 11.5 Å². The minimum atomic E-state index is -0.221. The average Bonchev–Trinajstić information content (AvgIpc) is 3.13. The molecule has 196 valence electrons. The molecule has 4 rings (SSSR count). The molecule has 0 unspecified atom stereocenters. The number of rotatable bonds is 10. The maximum Gasteiger partial charge on any atom is 0.293 e. The number of hydrogen-bond acceptors (Lipinski definition) is 5. The Bertz CT molecular complexity index is 1210. The zero-order valence-corrected chi connectivity index (χ0v) is 23.3. The molecular weight excluding hydrogens is 529 g/mol. The van der Waals surface area contributed by atoms with Crippen molar-refractivity contribution in [1.82, 2.24) is 4.90 Å². The van der Waals surface area contributed by atoms with Crippen molar-refractivity contribution in [3.63, 3.8) is 0 Å². The molecule has 2 fully saturated rings. The van der Waals surface area contributed by atoms with Crippen LogP contribution in [0.1, 0.15) is 55.7 Å². The van der Waals surface area contributed by atoms with Gasteiger partial charge in [-0.2, -0.15) is 0 Å². The van der Waals surface area contributed by atoms with E-state index in [0.717, 1.165) is 41.3 Å². The highest BCUT2D eigenvalue weighted by Crippen LogP contribution is 2.39. The lowest BCUT2D eigenvalue weighted by Crippen LogP contribution is -2.34. The smallest absolute Gasteiger partial charge is 0.293 e. The average molecular weight is 561 g/mol. The molecule has 0 atom stereocenters. The van der Waals surface area contributed by atoms with E-state index in [9.17, 15) is 9.59 Å². The number of carbonyl (C=O) groups excluding carboxylic acids is 2. The first-order valence-electron chi connectivity index (χ1n) is 12.6. The third-order valence-corrected chi connectivity index (χ3v) is 8.04. The van der Waals surface area contributed by atoms with Crippen molar-refractivity contribution in [2.24, 2.45) is 5.92 Å². The van der Waals surface area contributed by atoms with Crippen LogP contribution in [0.5, 0.6) is 11.5 Å². The van der Waals surface area contributed by atoms with E-state index in [1.807, 2.05) is 25.1 Å². The summed E-state index contributed by atoms with van der Waals surface area (Å²) < 4.78 is 12.1. The number of nitrogens with zero attached hydrogens (tertiary/aromatic N) is 1. The summed E-state index contributed by atoms with van der Waals surface area (Å²) in [6.45, 7) is 6.96. The summed E-state index contributed by atoms with van der Waals surface area (Å²) in [6, 6.07) is 9.06. The second-order valence-corrected chi connectivity index (χ2v) is 11.1. The first-order chi connectivity index (χ1) is 17.9. The van der Waals surface area contributed by atoms with E-state index in [0.29, 0.717) is 51.9 Å². The third kappa shape index (κ3) is 6.92. The molecule has 2 aromatic carbocycles. The summed E-state index contributed by atoms with van der Waals surface area (Å²) in [5, 5.41) is 0.887. The van der Waals surface area contributed by atoms with E-state index in [-0.39, 0.29) is 17.8 Å². The number of benzene rings is 2. The van der Waals surface area contributed by atoms with Crippen LogP contribution in [0.15, 0.2) is 47.9 Å². The van der Waals surface area contributed by atoms with Gasteiger partial charge in [0.05, 0.1) is 11.5 Å². The van der Waals surface area contributed by atoms with Gasteiger partial charge in [0, 0.05) is 27.7 Å². The van der Waals surface area contributed by atoms with Crippen molar-refractivity contribution >= 4 is 52.2 Å². The van der Waals surface area contributed by atoms with Crippen LogP contribution in [0.3, 0.4) is 0 Å². The monoisotopic (exact) mass is 559 g/mol. The van der Waals surface area contributed by atoms with Crippen LogP contribution >= 0.6 is 35.0 Å². The lowest BCUT2D eigenvalue weighted by Gasteiger charge is -2.25. The van der Waals surface area contributed by atoms with E-state index in [1.165, 1.54) is 24.2 Å². The van der Waals surface area contributed by atoms with Crippen molar-refractivity contribution in [1.29, 1.82) is 0 Å². The summed E-state index contributed by atoms with van der Waals surface area (Å²) in [4.78, 5) is 27.6. The van der Waals surface area contributed by atoms with Crippen LogP contribution in [0.4, 0.5) is 4.79 Å². The summed E-state index contributed by atoms with van der Waals surface area (Å²) >= 11 is 13.4. The number of allylic oxidation sites excluding steroid dienone is 1. The maximum absolute atomic E-state index is 13.1. The fourth-order valence-electron chi connectivity index (χ4n) is 4.73. The van der Waals surface area contributed by atoms with Gasteiger partial charge in [0.1, 0.15) is 6.61 Å². The molecule has 8 heteroatoms.